The van der Waals surface area contributed by atoms with Crippen molar-refractivity contribution in [3.63, 3.8) is 0 Å². The Morgan fingerprint density at radius 2 is 2.10 bits per heavy atom. The van der Waals surface area contributed by atoms with E-state index in [4.69, 9.17) is 0 Å². The monoisotopic (exact) mass is 283 g/mol. The van der Waals surface area contributed by atoms with Gasteiger partial charge in [0.2, 0.25) is 0 Å². The minimum atomic E-state index is 0.478. The summed E-state index contributed by atoms with van der Waals surface area (Å²) in [7, 11) is 2.07. The summed E-state index contributed by atoms with van der Waals surface area (Å²) < 4.78 is 2.06. The lowest BCUT2D eigenvalue weighted by Gasteiger charge is -2.21. The molecule has 1 aromatic heterocycles. The zero-order chi connectivity index (χ0) is 14.8. The molecule has 21 heavy (non-hydrogen) atoms. The molecular weight excluding hydrogens is 258 g/mol. The number of hydrogen-bond acceptors (Lipinski definition) is 2. The molecule has 0 radical (unpaired) electrons. The van der Waals surface area contributed by atoms with Gasteiger partial charge in [-0.2, -0.15) is 5.10 Å². The van der Waals surface area contributed by atoms with Gasteiger partial charge in [0.05, 0.1) is 5.69 Å². The maximum Gasteiger partial charge on any atom is 0.0624 e. The molecule has 3 rings (SSSR count). The topological polar surface area (TPSA) is 29.9 Å². The number of aryl methyl sites for hydroxylation is 2. The summed E-state index contributed by atoms with van der Waals surface area (Å²) >= 11 is 0. The molecule has 1 heterocycles. The SMILES string of the molecule is CCNC1c2ccccc2CC1Cc1cc(CC)nn1C. The van der Waals surface area contributed by atoms with Crippen molar-refractivity contribution in [2.75, 3.05) is 6.54 Å². The Labute approximate surface area is 127 Å². The summed E-state index contributed by atoms with van der Waals surface area (Å²) in [5, 5.41) is 8.27. The third-order valence-electron chi connectivity index (χ3n) is 4.63. The second-order valence-electron chi connectivity index (χ2n) is 6.01. The van der Waals surface area contributed by atoms with E-state index in [0.29, 0.717) is 12.0 Å². The smallest absolute Gasteiger partial charge is 0.0624 e. The maximum atomic E-state index is 4.59. The van der Waals surface area contributed by atoms with Crippen molar-refractivity contribution in [3.8, 4) is 0 Å². The molecule has 0 saturated carbocycles. The second-order valence-corrected chi connectivity index (χ2v) is 6.01. The summed E-state index contributed by atoms with van der Waals surface area (Å²) in [6, 6.07) is 11.6. The van der Waals surface area contributed by atoms with Crippen LogP contribution in [0.2, 0.25) is 0 Å². The highest BCUT2D eigenvalue weighted by molar-refractivity contribution is 5.36. The van der Waals surface area contributed by atoms with Crippen LogP contribution in [0.4, 0.5) is 0 Å². The van der Waals surface area contributed by atoms with Gasteiger partial charge in [-0.05, 0) is 48.9 Å². The van der Waals surface area contributed by atoms with Gasteiger partial charge >= 0.3 is 0 Å². The number of aromatic nitrogens is 2. The Hall–Kier alpha value is -1.61. The van der Waals surface area contributed by atoms with E-state index in [1.165, 1.54) is 28.9 Å². The number of nitrogens with zero attached hydrogens (tertiary/aromatic N) is 2. The number of nitrogens with one attached hydrogen (secondary N) is 1. The molecule has 2 aromatic rings. The Balaban J connectivity index is 1.83. The Kier molecular flexibility index (Phi) is 4.11. The first-order valence-electron chi connectivity index (χ1n) is 8.05. The molecular formula is C18H25N3. The van der Waals surface area contributed by atoms with Gasteiger partial charge in [0.15, 0.2) is 0 Å². The number of rotatable bonds is 5. The minimum Gasteiger partial charge on any atom is -0.310 e. The van der Waals surface area contributed by atoms with Gasteiger partial charge in [-0.25, -0.2) is 0 Å². The standard InChI is InChI=1S/C18H25N3/c1-4-15-12-16(21(3)20-15)11-14-10-13-8-6-7-9-17(13)18(14)19-5-2/h6-9,12,14,18-19H,4-5,10-11H2,1-3H3. The van der Waals surface area contributed by atoms with E-state index in [1.807, 2.05) is 0 Å². The highest BCUT2D eigenvalue weighted by atomic mass is 15.3. The quantitative estimate of drug-likeness (QED) is 0.914. The van der Waals surface area contributed by atoms with E-state index in [1.54, 1.807) is 0 Å². The fraction of sp³-hybridized carbons (Fsp3) is 0.500. The third kappa shape index (κ3) is 2.75. The van der Waals surface area contributed by atoms with Crippen LogP contribution in [0, 0.1) is 5.92 Å². The Bertz CT molecular complexity index is 615. The molecule has 0 bridgehead atoms. The van der Waals surface area contributed by atoms with Gasteiger partial charge in [0, 0.05) is 18.8 Å². The molecule has 1 N–H and O–H groups in total. The fourth-order valence-corrected chi connectivity index (χ4v) is 3.57. The van der Waals surface area contributed by atoms with Crippen molar-refractivity contribution in [2.24, 2.45) is 13.0 Å². The molecule has 1 aliphatic rings. The van der Waals surface area contributed by atoms with Crippen molar-refractivity contribution >= 4 is 0 Å². The van der Waals surface area contributed by atoms with Gasteiger partial charge in [-0.3, -0.25) is 4.68 Å². The van der Waals surface area contributed by atoms with Gasteiger partial charge in [-0.15, -0.1) is 0 Å². The van der Waals surface area contributed by atoms with Crippen molar-refractivity contribution in [1.29, 1.82) is 0 Å². The second kappa shape index (κ2) is 6.02. The predicted molar refractivity (Wildman–Crippen MR) is 86.3 cm³/mol. The van der Waals surface area contributed by atoms with Crippen LogP contribution in [0.3, 0.4) is 0 Å². The molecule has 0 amide bonds. The van der Waals surface area contributed by atoms with Gasteiger partial charge < -0.3 is 5.32 Å². The molecule has 3 nitrogen and oxygen atoms in total. The van der Waals surface area contributed by atoms with Crippen LogP contribution in [-0.4, -0.2) is 16.3 Å². The summed E-state index contributed by atoms with van der Waals surface area (Å²) in [5.41, 5.74) is 5.55. The molecule has 0 aliphatic heterocycles. The summed E-state index contributed by atoms with van der Waals surface area (Å²) in [5.74, 6) is 0.627. The summed E-state index contributed by atoms with van der Waals surface area (Å²) in [6.45, 7) is 5.37. The largest absolute Gasteiger partial charge is 0.310 e. The van der Waals surface area contributed by atoms with Crippen LogP contribution < -0.4 is 5.32 Å². The van der Waals surface area contributed by atoms with Crippen LogP contribution in [0.15, 0.2) is 30.3 Å². The van der Waals surface area contributed by atoms with Crippen molar-refractivity contribution < 1.29 is 0 Å². The van der Waals surface area contributed by atoms with Gasteiger partial charge in [-0.1, -0.05) is 38.1 Å². The number of hydrogen-bond donors (Lipinski definition) is 1. The number of fused-ring (bicyclic) bond motifs is 1. The fourth-order valence-electron chi connectivity index (χ4n) is 3.57. The zero-order valence-corrected chi connectivity index (χ0v) is 13.3. The first kappa shape index (κ1) is 14.3. The van der Waals surface area contributed by atoms with Crippen LogP contribution in [0.25, 0.3) is 0 Å². The predicted octanol–water partition coefficient (Wildman–Crippen LogP) is 3.05. The van der Waals surface area contributed by atoms with Crippen molar-refractivity contribution in [2.45, 2.75) is 39.2 Å². The van der Waals surface area contributed by atoms with E-state index in [0.717, 1.165) is 19.4 Å². The van der Waals surface area contributed by atoms with E-state index < -0.39 is 0 Å². The van der Waals surface area contributed by atoms with Crippen molar-refractivity contribution in [1.82, 2.24) is 15.1 Å². The average Bonchev–Trinajstić information content (AvgIpc) is 3.02. The average molecular weight is 283 g/mol. The lowest BCUT2D eigenvalue weighted by molar-refractivity contribution is 0.386. The van der Waals surface area contributed by atoms with Gasteiger partial charge in [0.1, 0.15) is 0 Å². The molecule has 112 valence electrons. The number of benzene rings is 1. The Morgan fingerprint density at radius 1 is 1.29 bits per heavy atom. The van der Waals surface area contributed by atoms with E-state index >= 15 is 0 Å². The van der Waals surface area contributed by atoms with E-state index in [-0.39, 0.29) is 0 Å². The van der Waals surface area contributed by atoms with E-state index in [9.17, 15) is 0 Å². The molecule has 1 aromatic carbocycles. The lowest BCUT2D eigenvalue weighted by Crippen LogP contribution is -2.26. The molecule has 0 saturated heterocycles. The van der Waals surface area contributed by atoms with Crippen LogP contribution in [-0.2, 0) is 26.3 Å². The van der Waals surface area contributed by atoms with Crippen LogP contribution in [0.1, 0.15) is 42.4 Å². The minimum absolute atomic E-state index is 0.478. The zero-order valence-electron chi connectivity index (χ0n) is 13.3. The molecule has 1 aliphatic carbocycles. The van der Waals surface area contributed by atoms with E-state index in [2.05, 4.69) is 66.3 Å². The Morgan fingerprint density at radius 3 is 2.81 bits per heavy atom. The third-order valence-corrected chi connectivity index (χ3v) is 4.63. The lowest BCUT2D eigenvalue weighted by atomic mass is 9.95. The molecule has 2 atom stereocenters. The first-order chi connectivity index (χ1) is 10.2. The molecule has 0 spiro atoms. The molecule has 0 fully saturated rings. The van der Waals surface area contributed by atoms with Crippen LogP contribution in [0.5, 0.6) is 0 Å². The highest BCUT2D eigenvalue weighted by Crippen LogP contribution is 2.37. The molecule has 2 unspecified atom stereocenters. The first-order valence-corrected chi connectivity index (χ1v) is 8.05. The van der Waals surface area contributed by atoms with Crippen LogP contribution >= 0.6 is 0 Å². The van der Waals surface area contributed by atoms with Crippen molar-refractivity contribution in [3.05, 3.63) is 52.8 Å². The summed E-state index contributed by atoms with van der Waals surface area (Å²) in [4.78, 5) is 0. The van der Waals surface area contributed by atoms with Gasteiger partial charge in [0.25, 0.3) is 0 Å². The molecule has 3 heteroatoms. The highest BCUT2D eigenvalue weighted by Gasteiger charge is 2.32. The normalized spacial score (nSPS) is 20.7. The maximum absolute atomic E-state index is 4.59. The summed E-state index contributed by atoms with van der Waals surface area (Å²) in [6.07, 6.45) is 3.27.